The van der Waals surface area contributed by atoms with E-state index in [0.717, 1.165) is 23.2 Å². The summed E-state index contributed by atoms with van der Waals surface area (Å²) in [6.07, 6.45) is 2.83. The van der Waals surface area contributed by atoms with Gasteiger partial charge in [-0.15, -0.1) is 0 Å². The van der Waals surface area contributed by atoms with E-state index in [-0.39, 0.29) is 5.75 Å². The highest BCUT2D eigenvalue weighted by Crippen LogP contribution is 2.18. The molecule has 0 saturated heterocycles. The fourth-order valence-corrected chi connectivity index (χ4v) is 3.85. The quantitative estimate of drug-likeness (QED) is 0.602. The molecule has 0 unspecified atom stereocenters. The Balaban J connectivity index is 1.53. The molecule has 0 aliphatic carbocycles. The van der Waals surface area contributed by atoms with Crippen LogP contribution in [0.25, 0.3) is 0 Å². The van der Waals surface area contributed by atoms with Gasteiger partial charge in [0.05, 0.1) is 17.6 Å². The Kier molecular flexibility index (Phi) is 6.08. The molecule has 1 aromatic heterocycles. The molecule has 1 heterocycles. The first kappa shape index (κ1) is 18.9. The van der Waals surface area contributed by atoms with Gasteiger partial charge in [-0.05, 0) is 55.2 Å². The van der Waals surface area contributed by atoms with Crippen molar-refractivity contribution in [3.05, 3.63) is 84.1 Å². The Bertz CT molecular complexity index is 972. The summed E-state index contributed by atoms with van der Waals surface area (Å²) in [6, 6.07) is 21.3. The zero-order chi connectivity index (χ0) is 19.1. The number of hydrogen-bond acceptors (Lipinski definition) is 4. The molecule has 0 spiro atoms. The molecule has 2 N–H and O–H groups in total. The number of benzene rings is 2. The summed E-state index contributed by atoms with van der Waals surface area (Å²) in [5, 5.41) is 3.20. The second-order valence-electron chi connectivity index (χ2n) is 6.44. The van der Waals surface area contributed by atoms with Gasteiger partial charge in [0.25, 0.3) is 0 Å². The molecule has 0 radical (unpaired) electrons. The minimum Gasteiger partial charge on any atom is -0.340 e. The lowest BCUT2D eigenvalue weighted by Crippen LogP contribution is -2.17. The highest BCUT2D eigenvalue weighted by molar-refractivity contribution is 7.92. The zero-order valence-electron chi connectivity index (χ0n) is 15.2. The van der Waals surface area contributed by atoms with Gasteiger partial charge in [-0.3, -0.25) is 4.72 Å². The van der Waals surface area contributed by atoms with Gasteiger partial charge in [0.2, 0.25) is 10.0 Å². The molecule has 0 bridgehead atoms. The SMILES string of the molecule is Cc1cccc(Nc2ccc(NS(=O)(=O)CCCc3ccccc3)cn2)c1. The molecule has 6 heteroatoms. The van der Waals surface area contributed by atoms with Crippen LogP contribution in [0.5, 0.6) is 0 Å². The van der Waals surface area contributed by atoms with Crippen LogP contribution in [0, 0.1) is 6.92 Å². The van der Waals surface area contributed by atoms with Crippen molar-refractivity contribution in [2.45, 2.75) is 19.8 Å². The second-order valence-corrected chi connectivity index (χ2v) is 8.28. The predicted molar refractivity (Wildman–Crippen MR) is 111 cm³/mol. The van der Waals surface area contributed by atoms with Crippen LogP contribution in [0.4, 0.5) is 17.2 Å². The van der Waals surface area contributed by atoms with Crippen molar-refractivity contribution in [1.29, 1.82) is 0 Å². The highest BCUT2D eigenvalue weighted by Gasteiger charge is 2.10. The van der Waals surface area contributed by atoms with Crippen LogP contribution in [0.2, 0.25) is 0 Å². The first-order valence-corrected chi connectivity index (χ1v) is 10.5. The van der Waals surface area contributed by atoms with E-state index in [2.05, 4.69) is 15.0 Å². The number of aromatic nitrogens is 1. The number of nitrogens with zero attached hydrogens (tertiary/aromatic N) is 1. The second kappa shape index (κ2) is 8.68. The molecule has 0 aliphatic heterocycles. The molecule has 0 amide bonds. The van der Waals surface area contributed by atoms with Gasteiger partial charge in [0.15, 0.2) is 0 Å². The van der Waals surface area contributed by atoms with E-state index < -0.39 is 10.0 Å². The third-order valence-electron chi connectivity index (χ3n) is 4.05. The van der Waals surface area contributed by atoms with E-state index in [0.29, 0.717) is 17.9 Å². The van der Waals surface area contributed by atoms with E-state index in [1.54, 1.807) is 12.1 Å². The van der Waals surface area contributed by atoms with Crippen molar-refractivity contribution >= 4 is 27.2 Å². The van der Waals surface area contributed by atoms with Gasteiger partial charge in [-0.25, -0.2) is 13.4 Å². The van der Waals surface area contributed by atoms with Gasteiger partial charge >= 0.3 is 0 Å². The summed E-state index contributed by atoms with van der Waals surface area (Å²) >= 11 is 0. The third-order valence-corrected chi connectivity index (χ3v) is 5.42. The molecule has 0 atom stereocenters. The molecule has 140 valence electrons. The number of nitrogens with one attached hydrogen (secondary N) is 2. The molecular weight excluding hydrogens is 358 g/mol. The molecule has 5 nitrogen and oxygen atoms in total. The third kappa shape index (κ3) is 6.11. The molecule has 0 aliphatic rings. The fraction of sp³-hybridized carbons (Fsp3) is 0.190. The summed E-state index contributed by atoms with van der Waals surface area (Å²) in [6.45, 7) is 2.02. The molecular formula is C21H23N3O2S. The average Bonchev–Trinajstić information content (AvgIpc) is 2.64. The smallest absolute Gasteiger partial charge is 0.232 e. The Morgan fingerprint density at radius 3 is 2.44 bits per heavy atom. The van der Waals surface area contributed by atoms with Crippen molar-refractivity contribution in [3.63, 3.8) is 0 Å². The molecule has 3 aromatic rings. The van der Waals surface area contributed by atoms with Crippen molar-refractivity contribution in [2.24, 2.45) is 0 Å². The summed E-state index contributed by atoms with van der Waals surface area (Å²) in [7, 11) is -3.39. The van der Waals surface area contributed by atoms with E-state index in [9.17, 15) is 8.42 Å². The number of pyridine rings is 1. The number of aryl methyl sites for hydroxylation is 2. The van der Waals surface area contributed by atoms with E-state index >= 15 is 0 Å². The molecule has 0 saturated carbocycles. The molecule has 27 heavy (non-hydrogen) atoms. The predicted octanol–water partition coefficient (Wildman–Crippen LogP) is 4.51. The molecule has 2 aromatic carbocycles. The minimum atomic E-state index is -3.39. The van der Waals surface area contributed by atoms with Gasteiger partial charge in [-0.2, -0.15) is 0 Å². The average molecular weight is 382 g/mol. The van der Waals surface area contributed by atoms with Crippen LogP contribution in [0.1, 0.15) is 17.5 Å². The number of sulfonamides is 1. The van der Waals surface area contributed by atoms with Crippen LogP contribution in [-0.4, -0.2) is 19.2 Å². The van der Waals surface area contributed by atoms with Crippen molar-refractivity contribution in [1.82, 2.24) is 4.98 Å². The fourth-order valence-electron chi connectivity index (χ4n) is 2.74. The standard InChI is InChI=1S/C21H23N3O2S/c1-17-7-5-11-19(15-17)23-21-13-12-20(16-22-21)24-27(25,26)14-6-10-18-8-3-2-4-9-18/h2-5,7-9,11-13,15-16,24H,6,10,14H2,1H3,(H,22,23). The largest absolute Gasteiger partial charge is 0.340 e. The zero-order valence-corrected chi connectivity index (χ0v) is 16.0. The number of rotatable bonds is 8. The van der Waals surface area contributed by atoms with Crippen LogP contribution >= 0.6 is 0 Å². The lowest BCUT2D eigenvalue weighted by molar-refractivity contribution is 0.598. The first-order chi connectivity index (χ1) is 13.0. The summed E-state index contributed by atoms with van der Waals surface area (Å²) < 4.78 is 27.1. The van der Waals surface area contributed by atoms with Gasteiger partial charge in [0.1, 0.15) is 5.82 Å². The van der Waals surface area contributed by atoms with Gasteiger partial charge in [-0.1, -0.05) is 42.5 Å². The van der Waals surface area contributed by atoms with Crippen molar-refractivity contribution in [3.8, 4) is 0 Å². The monoisotopic (exact) mass is 381 g/mol. The Morgan fingerprint density at radius 1 is 0.926 bits per heavy atom. The lowest BCUT2D eigenvalue weighted by Gasteiger charge is -2.10. The van der Waals surface area contributed by atoms with E-state index in [4.69, 9.17) is 0 Å². The van der Waals surface area contributed by atoms with Crippen LogP contribution in [-0.2, 0) is 16.4 Å². The van der Waals surface area contributed by atoms with Crippen LogP contribution in [0.3, 0.4) is 0 Å². The summed E-state index contributed by atoms with van der Waals surface area (Å²) in [4.78, 5) is 4.28. The summed E-state index contributed by atoms with van der Waals surface area (Å²) in [5.41, 5.74) is 3.70. The molecule has 3 rings (SSSR count). The topological polar surface area (TPSA) is 71.1 Å². The Hall–Kier alpha value is -2.86. The Labute approximate surface area is 160 Å². The minimum absolute atomic E-state index is 0.0746. The Morgan fingerprint density at radius 2 is 1.74 bits per heavy atom. The lowest BCUT2D eigenvalue weighted by atomic mass is 10.1. The first-order valence-electron chi connectivity index (χ1n) is 8.84. The van der Waals surface area contributed by atoms with Gasteiger partial charge < -0.3 is 5.32 Å². The number of anilines is 3. The normalized spacial score (nSPS) is 11.1. The van der Waals surface area contributed by atoms with Gasteiger partial charge in [0, 0.05) is 5.69 Å². The molecule has 0 fully saturated rings. The maximum absolute atomic E-state index is 12.2. The number of hydrogen-bond donors (Lipinski definition) is 2. The van der Waals surface area contributed by atoms with E-state index in [1.165, 1.54) is 6.20 Å². The van der Waals surface area contributed by atoms with Crippen LogP contribution < -0.4 is 10.0 Å². The van der Waals surface area contributed by atoms with Crippen molar-refractivity contribution in [2.75, 3.05) is 15.8 Å². The van der Waals surface area contributed by atoms with Crippen molar-refractivity contribution < 1.29 is 8.42 Å². The maximum Gasteiger partial charge on any atom is 0.232 e. The van der Waals surface area contributed by atoms with E-state index in [1.807, 2.05) is 61.5 Å². The van der Waals surface area contributed by atoms with Crippen LogP contribution in [0.15, 0.2) is 72.9 Å². The summed E-state index contributed by atoms with van der Waals surface area (Å²) in [5.74, 6) is 0.734. The highest BCUT2D eigenvalue weighted by atomic mass is 32.2. The maximum atomic E-state index is 12.2.